The molecule has 0 aliphatic carbocycles. The second-order valence-electron chi connectivity index (χ2n) is 6.12. The van der Waals surface area contributed by atoms with Crippen LogP contribution in [0.4, 0.5) is 0 Å². The first-order valence-electron chi connectivity index (χ1n) is 7.63. The van der Waals surface area contributed by atoms with E-state index in [-0.39, 0.29) is 0 Å². The Balaban J connectivity index is 1.95. The van der Waals surface area contributed by atoms with Crippen molar-refractivity contribution in [2.45, 2.75) is 32.6 Å². The van der Waals surface area contributed by atoms with E-state index >= 15 is 0 Å². The molecule has 1 saturated heterocycles. The highest BCUT2D eigenvalue weighted by atomic mass is 32.2. The molecule has 5 heteroatoms. The molecule has 0 N–H and O–H groups in total. The summed E-state index contributed by atoms with van der Waals surface area (Å²) in [5.74, 6) is 0.466. The largest absolute Gasteiger partial charge is 0.281 e. The quantitative estimate of drug-likeness (QED) is 0.838. The maximum absolute atomic E-state index is 12.2. The molecule has 1 heterocycles. The number of aryl methyl sites for hydroxylation is 2. The number of hydrogen-bond donors (Lipinski definition) is 0. The van der Waals surface area contributed by atoms with Gasteiger partial charge in [-0.2, -0.15) is 17.0 Å². The molecule has 0 saturated carbocycles. The van der Waals surface area contributed by atoms with Gasteiger partial charge in [-0.3, -0.25) is 0 Å². The zero-order valence-electron chi connectivity index (χ0n) is 13.2. The molecule has 1 aromatic carbocycles. The molecule has 0 unspecified atom stereocenters. The van der Waals surface area contributed by atoms with E-state index in [2.05, 4.69) is 31.2 Å². The van der Waals surface area contributed by atoms with E-state index in [0.717, 1.165) is 25.7 Å². The average Bonchev–Trinajstić information content (AvgIpc) is 2.46. The number of piperidine rings is 1. The van der Waals surface area contributed by atoms with Crippen LogP contribution < -0.4 is 0 Å². The normalized spacial score (nSPS) is 20.9. The molecule has 0 radical (unpaired) electrons. The van der Waals surface area contributed by atoms with Crippen LogP contribution in [-0.4, -0.2) is 44.2 Å². The second kappa shape index (κ2) is 6.90. The topological polar surface area (TPSA) is 40.6 Å². The van der Waals surface area contributed by atoms with Crippen molar-refractivity contribution in [1.82, 2.24) is 8.61 Å². The summed E-state index contributed by atoms with van der Waals surface area (Å²) in [6.07, 6.45) is 4.19. The fourth-order valence-electron chi connectivity index (χ4n) is 2.95. The smallest absolute Gasteiger partial charge is 0.195 e. The summed E-state index contributed by atoms with van der Waals surface area (Å²) in [6, 6.07) is 8.45. The first kappa shape index (κ1) is 16.5. The van der Waals surface area contributed by atoms with Gasteiger partial charge in [0.25, 0.3) is 10.2 Å². The van der Waals surface area contributed by atoms with Gasteiger partial charge in [-0.1, -0.05) is 24.3 Å². The standard InChI is InChI=1S/C16H26N2O2S/c1-14-7-4-5-9-16(14)11-10-15-8-6-12-18(13-15)21(19,20)17(2)3/h4-5,7,9,15H,6,8,10-13H2,1-3H3/t15-/m0/s1. The van der Waals surface area contributed by atoms with Crippen LogP contribution in [0.15, 0.2) is 24.3 Å². The van der Waals surface area contributed by atoms with Crippen molar-refractivity contribution < 1.29 is 8.42 Å². The van der Waals surface area contributed by atoms with Crippen LogP contribution in [0.25, 0.3) is 0 Å². The van der Waals surface area contributed by atoms with E-state index in [9.17, 15) is 8.42 Å². The molecule has 1 atom stereocenters. The zero-order chi connectivity index (χ0) is 15.5. The number of nitrogens with zero attached hydrogens (tertiary/aromatic N) is 2. The van der Waals surface area contributed by atoms with Crippen LogP contribution in [-0.2, 0) is 16.6 Å². The van der Waals surface area contributed by atoms with Gasteiger partial charge in [0.1, 0.15) is 0 Å². The van der Waals surface area contributed by atoms with Crippen molar-refractivity contribution in [2.75, 3.05) is 27.2 Å². The maximum Gasteiger partial charge on any atom is 0.281 e. The van der Waals surface area contributed by atoms with Crippen LogP contribution in [0.5, 0.6) is 0 Å². The molecule has 0 bridgehead atoms. The minimum atomic E-state index is -3.26. The van der Waals surface area contributed by atoms with Crippen LogP contribution in [0.1, 0.15) is 30.4 Å². The van der Waals surface area contributed by atoms with E-state index < -0.39 is 10.2 Å². The molecule has 4 nitrogen and oxygen atoms in total. The Hall–Kier alpha value is -0.910. The number of hydrogen-bond acceptors (Lipinski definition) is 2. The minimum Gasteiger partial charge on any atom is -0.195 e. The highest BCUT2D eigenvalue weighted by Gasteiger charge is 2.30. The molecule has 0 aromatic heterocycles. The predicted octanol–water partition coefficient (Wildman–Crippen LogP) is 2.45. The summed E-state index contributed by atoms with van der Waals surface area (Å²) in [6.45, 7) is 3.45. The van der Waals surface area contributed by atoms with Crippen LogP contribution >= 0.6 is 0 Å². The van der Waals surface area contributed by atoms with Gasteiger partial charge < -0.3 is 0 Å². The highest BCUT2D eigenvalue weighted by Crippen LogP contribution is 2.24. The lowest BCUT2D eigenvalue weighted by Gasteiger charge is -2.33. The number of benzene rings is 1. The molecule has 118 valence electrons. The monoisotopic (exact) mass is 310 g/mol. The summed E-state index contributed by atoms with van der Waals surface area (Å²) in [4.78, 5) is 0. The summed E-state index contributed by atoms with van der Waals surface area (Å²) in [7, 11) is -0.0504. The molecule has 1 aromatic rings. The van der Waals surface area contributed by atoms with Crippen molar-refractivity contribution in [2.24, 2.45) is 5.92 Å². The van der Waals surface area contributed by atoms with E-state index in [4.69, 9.17) is 0 Å². The van der Waals surface area contributed by atoms with Crippen LogP contribution in [0, 0.1) is 12.8 Å². The SMILES string of the molecule is Cc1ccccc1CC[C@@H]1CCCN(S(=O)(=O)N(C)C)C1. The van der Waals surface area contributed by atoms with Gasteiger partial charge in [0, 0.05) is 27.2 Å². The zero-order valence-corrected chi connectivity index (χ0v) is 14.1. The summed E-state index contributed by atoms with van der Waals surface area (Å²) >= 11 is 0. The van der Waals surface area contributed by atoms with Gasteiger partial charge in [-0.25, -0.2) is 0 Å². The fourth-order valence-corrected chi connectivity index (χ4v) is 4.17. The van der Waals surface area contributed by atoms with Gasteiger partial charge >= 0.3 is 0 Å². The Kier molecular flexibility index (Phi) is 5.41. The summed E-state index contributed by atoms with van der Waals surface area (Å²) < 4.78 is 27.4. The third-order valence-corrected chi connectivity index (χ3v) is 6.26. The van der Waals surface area contributed by atoms with Gasteiger partial charge in [0.05, 0.1) is 0 Å². The van der Waals surface area contributed by atoms with Crippen molar-refractivity contribution in [3.8, 4) is 0 Å². The van der Waals surface area contributed by atoms with Crippen molar-refractivity contribution >= 4 is 10.2 Å². The summed E-state index contributed by atoms with van der Waals surface area (Å²) in [5.41, 5.74) is 2.70. The van der Waals surface area contributed by atoms with Gasteiger partial charge in [0.15, 0.2) is 0 Å². The molecule has 0 spiro atoms. The summed E-state index contributed by atoms with van der Waals surface area (Å²) in [5, 5.41) is 0. The highest BCUT2D eigenvalue weighted by molar-refractivity contribution is 7.86. The lowest BCUT2D eigenvalue weighted by atomic mass is 9.91. The molecule has 21 heavy (non-hydrogen) atoms. The molecule has 0 amide bonds. The molecule has 1 aliphatic rings. The van der Waals surface area contributed by atoms with Gasteiger partial charge in [0.2, 0.25) is 0 Å². The Morgan fingerprint density at radius 3 is 2.67 bits per heavy atom. The van der Waals surface area contributed by atoms with Gasteiger partial charge in [-0.15, -0.1) is 0 Å². The Bertz CT molecular complexity index is 569. The first-order chi connectivity index (χ1) is 9.91. The van der Waals surface area contributed by atoms with Crippen LogP contribution in [0.2, 0.25) is 0 Å². The van der Waals surface area contributed by atoms with Crippen molar-refractivity contribution in [1.29, 1.82) is 0 Å². The lowest BCUT2D eigenvalue weighted by molar-refractivity contribution is 0.246. The third kappa shape index (κ3) is 4.05. The predicted molar refractivity (Wildman–Crippen MR) is 86.4 cm³/mol. The Morgan fingerprint density at radius 1 is 1.29 bits per heavy atom. The fraction of sp³-hybridized carbons (Fsp3) is 0.625. The third-order valence-electron chi connectivity index (χ3n) is 4.35. The van der Waals surface area contributed by atoms with E-state index in [1.165, 1.54) is 15.4 Å². The van der Waals surface area contributed by atoms with Crippen LogP contribution in [0.3, 0.4) is 0 Å². The van der Waals surface area contributed by atoms with E-state index in [1.54, 1.807) is 18.4 Å². The molecular weight excluding hydrogens is 284 g/mol. The van der Waals surface area contributed by atoms with Gasteiger partial charge in [-0.05, 0) is 49.7 Å². The Labute approximate surface area is 128 Å². The lowest BCUT2D eigenvalue weighted by Crippen LogP contribution is -2.45. The van der Waals surface area contributed by atoms with Crippen molar-refractivity contribution in [3.63, 3.8) is 0 Å². The molecule has 1 fully saturated rings. The second-order valence-corrected chi connectivity index (χ2v) is 8.26. The minimum absolute atomic E-state index is 0.466. The average molecular weight is 310 g/mol. The maximum atomic E-state index is 12.2. The molecular formula is C16H26N2O2S. The molecule has 2 rings (SSSR count). The first-order valence-corrected chi connectivity index (χ1v) is 9.03. The van der Waals surface area contributed by atoms with E-state index in [0.29, 0.717) is 19.0 Å². The van der Waals surface area contributed by atoms with Crippen molar-refractivity contribution in [3.05, 3.63) is 35.4 Å². The molecule has 1 aliphatic heterocycles. The number of rotatable bonds is 5. The van der Waals surface area contributed by atoms with E-state index in [1.807, 2.05) is 0 Å². The Morgan fingerprint density at radius 2 is 2.00 bits per heavy atom.